The summed E-state index contributed by atoms with van der Waals surface area (Å²) in [5, 5.41) is 3.23. The van der Waals surface area contributed by atoms with Gasteiger partial charge in [-0.05, 0) is 50.1 Å². The fourth-order valence-corrected chi connectivity index (χ4v) is 2.16. The third-order valence-electron chi connectivity index (χ3n) is 3.79. The van der Waals surface area contributed by atoms with Gasteiger partial charge in [0.2, 0.25) is 5.88 Å². The number of benzene rings is 1. The Bertz CT molecular complexity index is 608. The zero-order valence-corrected chi connectivity index (χ0v) is 13.5. The smallest absolute Gasteiger partial charge is 0.223 e. The summed E-state index contributed by atoms with van der Waals surface area (Å²) in [6, 6.07) is 10.6. The van der Waals surface area contributed by atoms with E-state index in [2.05, 4.69) is 56.2 Å². The monoisotopic (exact) mass is 284 g/mol. The van der Waals surface area contributed by atoms with Gasteiger partial charge < -0.3 is 10.1 Å². The van der Waals surface area contributed by atoms with E-state index >= 15 is 0 Å². The van der Waals surface area contributed by atoms with Crippen molar-refractivity contribution in [2.75, 3.05) is 7.05 Å². The number of hydrogen-bond acceptors (Lipinski definition) is 3. The van der Waals surface area contributed by atoms with Crippen LogP contribution in [0, 0.1) is 6.92 Å². The van der Waals surface area contributed by atoms with Gasteiger partial charge >= 0.3 is 0 Å². The molecule has 0 saturated heterocycles. The number of ether oxygens (including phenoxy) is 1. The summed E-state index contributed by atoms with van der Waals surface area (Å²) in [7, 11) is 1.94. The Labute approximate surface area is 127 Å². The molecular formula is C18H24N2O. The number of aromatic nitrogens is 1. The van der Waals surface area contributed by atoms with Gasteiger partial charge in [-0.25, -0.2) is 4.98 Å². The first kappa shape index (κ1) is 15.5. The summed E-state index contributed by atoms with van der Waals surface area (Å²) in [6.45, 7) is 8.53. The van der Waals surface area contributed by atoms with Crippen LogP contribution < -0.4 is 10.1 Å². The molecule has 0 bridgehead atoms. The Balaban J connectivity index is 2.36. The summed E-state index contributed by atoms with van der Waals surface area (Å²) in [6.07, 6.45) is 1.77. The average Bonchev–Trinajstić information content (AvgIpc) is 2.49. The Morgan fingerprint density at radius 1 is 1.14 bits per heavy atom. The van der Waals surface area contributed by atoms with Crippen LogP contribution in [0.3, 0.4) is 0 Å². The fourth-order valence-electron chi connectivity index (χ4n) is 2.16. The molecule has 3 nitrogen and oxygen atoms in total. The first-order chi connectivity index (χ1) is 10.0. The zero-order valence-electron chi connectivity index (χ0n) is 13.5. The van der Waals surface area contributed by atoms with Crippen LogP contribution in [-0.4, -0.2) is 12.0 Å². The van der Waals surface area contributed by atoms with Crippen molar-refractivity contribution in [2.45, 2.75) is 39.7 Å². The highest BCUT2D eigenvalue weighted by atomic mass is 16.5. The number of pyridine rings is 1. The number of nitrogens with one attached hydrogen (secondary N) is 1. The Kier molecular flexibility index (Phi) is 4.97. The highest BCUT2D eigenvalue weighted by Gasteiger charge is 2.13. The van der Waals surface area contributed by atoms with Crippen molar-refractivity contribution in [1.82, 2.24) is 10.3 Å². The van der Waals surface area contributed by atoms with Gasteiger partial charge in [0, 0.05) is 17.8 Å². The predicted molar refractivity (Wildman–Crippen MR) is 87.1 cm³/mol. The van der Waals surface area contributed by atoms with Crippen LogP contribution in [0.2, 0.25) is 0 Å². The maximum absolute atomic E-state index is 6.10. The van der Waals surface area contributed by atoms with Crippen LogP contribution in [0.5, 0.6) is 11.6 Å². The maximum Gasteiger partial charge on any atom is 0.223 e. The molecule has 21 heavy (non-hydrogen) atoms. The number of aryl methyl sites for hydroxylation is 1. The van der Waals surface area contributed by atoms with E-state index in [-0.39, 0.29) is 6.04 Å². The molecule has 0 amide bonds. The third kappa shape index (κ3) is 3.61. The van der Waals surface area contributed by atoms with Crippen LogP contribution in [0.4, 0.5) is 0 Å². The molecule has 1 N–H and O–H groups in total. The third-order valence-corrected chi connectivity index (χ3v) is 3.79. The van der Waals surface area contributed by atoms with E-state index in [1.807, 2.05) is 19.2 Å². The van der Waals surface area contributed by atoms with E-state index in [1.165, 1.54) is 5.56 Å². The standard InChI is InChI=1S/C18H24N2O/c1-12(2)15-9-8-13(3)17(11-15)21-18-16(14(4)19-5)7-6-10-20-18/h6-12,14,19H,1-5H3. The Hall–Kier alpha value is -1.87. The molecule has 2 rings (SSSR count). The molecule has 0 aliphatic carbocycles. The van der Waals surface area contributed by atoms with Crippen molar-refractivity contribution in [1.29, 1.82) is 0 Å². The van der Waals surface area contributed by atoms with Crippen molar-refractivity contribution < 1.29 is 4.74 Å². The minimum absolute atomic E-state index is 0.197. The highest BCUT2D eigenvalue weighted by Crippen LogP contribution is 2.31. The molecular weight excluding hydrogens is 260 g/mol. The molecule has 0 fully saturated rings. The van der Waals surface area contributed by atoms with Gasteiger partial charge in [0.15, 0.2) is 0 Å². The molecule has 0 aliphatic heterocycles. The van der Waals surface area contributed by atoms with Crippen molar-refractivity contribution in [3.63, 3.8) is 0 Å². The largest absolute Gasteiger partial charge is 0.438 e. The quantitative estimate of drug-likeness (QED) is 0.872. The Morgan fingerprint density at radius 2 is 1.90 bits per heavy atom. The molecule has 0 aliphatic rings. The number of rotatable bonds is 5. The fraction of sp³-hybridized carbons (Fsp3) is 0.389. The van der Waals surface area contributed by atoms with Crippen molar-refractivity contribution >= 4 is 0 Å². The van der Waals surface area contributed by atoms with Gasteiger partial charge in [-0.15, -0.1) is 0 Å². The summed E-state index contributed by atoms with van der Waals surface area (Å²) in [5.74, 6) is 2.03. The van der Waals surface area contributed by atoms with Crippen LogP contribution in [0.1, 0.15) is 49.4 Å². The minimum Gasteiger partial charge on any atom is -0.438 e. The van der Waals surface area contributed by atoms with Gasteiger partial charge in [0.25, 0.3) is 0 Å². The molecule has 1 atom stereocenters. The van der Waals surface area contributed by atoms with Gasteiger partial charge in [-0.2, -0.15) is 0 Å². The summed E-state index contributed by atoms with van der Waals surface area (Å²) >= 11 is 0. The summed E-state index contributed by atoms with van der Waals surface area (Å²) in [5.41, 5.74) is 3.46. The van der Waals surface area contributed by atoms with Gasteiger partial charge in [-0.3, -0.25) is 0 Å². The predicted octanol–water partition coefficient (Wildman–Crippen LogP) is 4.59. The molecule has 1 aromatic heterocycles. The topological polar surface area (TPSA) is 34.2 Å². The van der Waals surface area contributed by atoms with E-state index < -0.39 is 0 Å². The summed E-state index contributed by atoms with van der Waals surface area (Å²) in [4.78, 5) is 4.40. The Morgan fingerprint density at radius 3 is 2.57 bits per heavy atom. The molecule has 1 heterocycles. The molecule has 0 saturated carbocycles. The van der Waals surface area contributed by atoms with Crippen LogP contribution in [-0.2, 0) is 0 Å². The van der Waals surface area contributed by atoms with E-state index in [9.17, 15) is 0 Å². The molecule has 1 unspecified atom stereocenters. The lowest BCUT2D eigenvalue weighted by atomic mass is 10.0. The molecule has 112 valence electrons. The normalized spacial score (nSPS) is 12.5. The average molecular weight is 284 g/mol. The second-order valence-electron chi connectivity index (χ2n) is 5.69. The van der Waals surface area contributed by atoms with E-state index in [0.717, 1.165) is 16.9 Å². The van der Waals surface area contributed by atoms with Gasteiger partial charge in [0.1, 0.15) is 5.75 Å². The molecule has 0 radical (unpaired) electrons. The number of nitrogens with zero attached hydrogens (tertiary/aromatic N) is 1. The zero-order chi connectivity index (χ0) is 15.4. The van der Waals surface area contributed by atoms with E-state index in [4.69, 9.17) is 4.74 Å². The SMILES string of the molecule is CNC(C)c1cccnc1Oc1cc(C(C)C)ccc1C. The second-order valence-corrected chi connectivity index (χ2v) is 5.69. The van der Waals surface area contributed by atoms with Crippen LogP contribution >= 0.6 is 0 Å². The molecule has 2 aromatic rings. The lowest BCUT2D eigenvalue weighted by molar-refractivity contribution is 0.443. The van der Waals surface area contributed by atoms with Gasteiger partial charge in [-0.1, -0.05) is 32.0 Å². The minimum atomic E-state index is 0.197. The van der Waals surface area contributed by atoms with Crippen molar-refractivity contribution in [2.24, 2.45) is 0 Å². The van der Waals surface area contributed by atoms with Crippen molar-refractivity contribution in [3.05, 3.63) is 53.2 Å². The molecule has 1 aromatic carbocycles. The van der Waals surface area contributed by atoms with Crippen LogP contribution in [0.15, 0.2) is 36.5 Å². The van der Waals surface area contributed by atoms with E-state index in [0.29, 0.717) is 11.8 Å². The first-order valence-electron chi connectivity index (χ1n) is 7.43. The highest BCUT2D eigenvalue weighted by molar-refractivity contribution is 5.41. The second kappa shape index (κ2) is 6.72. The molecule has 0 spiro atoms. The summed E-state index contributed by atoms with van der Waals surface area (Å²) < 4.78 is 6.10. The van der Waals surface area contributed by atoms with Crippen LogP contribution in [0.25, 0.3) is 0 Å². The van der Waals surface area contributed by atoms with E-state index in [1.54, 1.807) is 6.20 Å². The lowest BCUT2D eigenvalue weighted by Gasteiger charge is -2.17. The lowest BCUT2D eigenvalue weighted by Crippen LogP contribution is -2.13. The molecule has 3 heteroatoms. The first-order valence-corrected chi connectivity index (χ1v) is 7.43. The van der Waals surface area contributed by atoms with Crippen molar-refractivity contribution in [3.8, 4) is 11.6 Å². The maximum atomic E-state index is 6.10. The van der Waals surface area contributed by atoms with Gasteiger partial charge in [0.05, 0.1) is 0 Å². The number of hydrogen-bond donors (Lipinski definition) is 1.